The monoisotopic (exact) mass is 257 g/mol. The Kier molecular flexibility index (Phi) is 3.21. The van der Waals surface area contributed by atoms with Crippen molar-refractivity contribution < 1.29 is 0 Å². The van der Waals surface area contributed by atoms with E-state index in [1.807, 2.05) is 12.1 Å². The second-order valence-corrected chi connectivity index (χ2v) is 6.14. The Labute approximate surface area is 114 Å². The van der Waals surface area contributed by atoms with Crippen LogP contribution in [-0.4, -0.2) is 9.55 Å². The average molecular weight is 257 g/mol. The van der Waals surface area contributed by atoms with Crippen molar-refractivity contribution in [3.05, 3.63) is 24.0 Å². The zero-order valence-corrected chi connectivity index (χ0v) is 11.9. The number of aromatic nitrogens is 2. The maximum absolute atomic E-state index is 5.83. The van der Waals surface area contributed by atoms with Crippen LogP contribution in [0.4, 0.5) is 5.69 Å². The number of hydrogen-bond donors (Lipinski definition) is 1. The molecule has 1 aromatic carbocycles. The molecule has 3 rings (SSSR count). The lowest BCUT2D eigenvalue weighted by Gasteiger charge is -2.27. The molecular formula is C16H23N3. The molecule has 3 nitrogen and oxygen atoms in total. The molecule has 0 unspecified atom stereocenters. The van der Waals surface area contributed by atoms with Crippen LogP contribution in [0.25, 0.3) is 11.0 Å². The van der Waals surface area contributed by atoms with Gasteiger partial charge in [-0.25, -0.2) is 4.98 Å². The molecule has 2 N–H and O–H groups in total. The van der Waals surface area contributed by atoms with E-state index in [0.29, 0.717) is 0 Å². The molecule has 1 fully saturated rings. The van der Waals surface area contributed by atoms with Gasteiger partial charge in [0.1, 0.15) is 5.82 Å². The molecule has 0 aliphatic heterocycles. The highest BCUT2D eigenvalue weighted by molar-refractivity contribution is 5.79. The fourth-order valence-corrected chi connectivity index (χ4v) is 3.27. The molecule has 3 heteroatoms. The van der Waals surface area contributed by atoms with Gasteiger partial charge in [0.25, 0.3) is 0 Å². The molecule has 0 amide bonds. The van der Waals surface area contributed by atoms with Crippen molar-refractivity contribution in [3.63, 3.8) is 0 Å². The molecule has 0 bridgehead atoms. The van der Waals surface area contributed by atoms with Gasteiger partial charge in [-0.05, 0) is 49.8 Å². The normalized spacial score (nSPS) is 23.9. The molecule has 0 radical (unpaired) electrons. The number of imidazole rings is 1. The van der Waals surface area contributed by atoms with Crippen LogP contribution in [0.3, 0.4) is 0 Å². The van der Waals surface area contributed by atoms with Gasteiger partial charge in [-0.1, -0.05) is 19.8 Å². The highest BCUT2D eigenvalue weighted by Gasteiger charge is 2.20. The van der Waals surface area contributed by atoms with E-state index in [4.69, 9.17) is 5.73 Å². The number of fused-ring (bicyclic) bond motifs is 1. The van der Waals surface area contributed by atoms with Crippen LogP contribution in [0.15, 0.2) is 18.2 Å². The summed E-state index contributed by atoms with van der Waals surface area (Å²) in [7, 11) is 0. The van der Waals surface area contributed by atoms with Crippen molar-refractivity contribution in [1.82, 2.24) is 9.55 Å². The molecule has 0 saturated heterocycles. The number of nitrogens with zero attached hydrogens (tertiary/aromatic N) is 2. The van der Waals surface area contributed by atoms with E-state index in [2.05, 4.69) is 29.5 Å². The van der Waals surface area contributed by atoms with Crippen LogP contribution < -0.4 is 5.73 Å². The van der Waals surface area contributed by atoms with Gasteiger partial charge >= 0.3 is 0 Å². The zero-order valence-electron chi connectivity index (χ0n) is 11.9. The maximum atomic E-state index is 5.83. The zero-order chi connectivity index (χ0) is 13.4. The van der Waals surface area contributed by atoms with E-state index >= 15 is 0 Å². The number of hydrogen-bond acceptors (Lipinski definition) is 2. The summed E-state index contributed by atoms with van der Waals surface area (Å²) in [6.07, 6.45) is 5.47. The SMILES string of the molecule is Cc1nc2cc(N)ccc2n1CC1CCC(C)CC1. The van der Waals surface area contributed by atoms with E-state index in [9.17, 15) is 0 Å². The lowest BCUT2D eigenvalue weighted by Crippen LogP contribution is -2.18. The number of aryl methyl sites for hydroxylation is 1. The fourth-order valence-electron chi connectivity index (χ4n) is 3.27. The van der Waals surface area contributed by atoms with Gasteiger partial charge in [-0.3, -0.25) is 0 Å². The van der Waals surface area contributed by atoms with Crippen LogP contribution >= 0.6 is 0 Å². The predicted molar refractivity (Wildman–Crippen MR) is 80.0 cm³/mol. The van der Waals surface area contributed by atoms with Crippen LogP contribution in [0.2, 0.25) is 0 Å². The number of nitrogen functional groups attached to an aromatic ring is 1. The summed E-state index contributed by atoms with van der Waals surface area (Å²) in [5.41, 5.74) is 8.88. The molecule has 1 aromatic heterocycles. The minimum Gasteiger partial charge on any atom is -0.399 e. The highest BCUT2D eigenvalue weighted by atomic mass is 15.1. The van der Waals surface area contributed by atoms with Crippen LogP contribution in [0.1, 0.15) is 38.4 Å². The Hall–Kier alpha value is -1.51. The molecule has 102 valence electrons. The van der Waals surface area contributed by atoms with Crippen molar-refractivity contribution in [2.45, 2.75) is 46.1 Å². The van der Waals surface area contributed by atoms with Crippen molar-refractivity contribution in [3.8, 4) is 0 Å². The summed E-state index contributed by atoms with van der Waals surface area (Å²) in [5, 5.41) is 0. The van der Waals surface area contributed by atoms with E-state index in [0.717, 1.165) is 35.4 Å². The van der Waals surface area contributed by atoms with Crippen molar-refractivity contribution >= 4 is 16.7 Å². The Morgan fingerprint density at radius 2 is 2.00 bits per heavy atom. The minimum absolute atomic E-state index is 0.795. The van der Waals surface area contributed by atoms with E-state index in [-0.39, 0.29) is 0 Å². The maximum Gasteiger partial charge on any atom is 0.106 e. The molecule has 19 heavy (non-hydrogen) atoms. The Morgan fingerprint density at radius 1 is 1.26 bits per heavy atom. The van der Waals surface area contributed by atoms with Gasteiger partial charge in [0, 0.05) is 12.2 Å². The number of nitrogens with two attached hydrogens (primary N) is 1. The predicted octanol–water partition coefficient (Wildman–Crippen LogP) is 3.75. The quantitative estimate of drug-likeness (QED) is 0.833. The average Bonchev–Trinajstić information content (AvgIpc) is 2.68. The minimum atomic E-state index is 0.795. The van der Waals surface area contributed by atoms with E-state index < -0.39 is 0 Å². The molecular weight excluding hydrogens is 234 g/mol. The van der Waals surface area contributed by atoms with Gasteiger partial charge in [0.2, 0.25) is 0 Å². The molecule has 1 aliphatic carbocycles. The number of anilines is 1. The topological polar surface area (TPSA) is 43.8 Å². The molecule has 0 spiro atoms. The number of benzene rings is 1. The summed E-state index contributed by atoms with van der Waals surface area (Å²) in [4.78, 5) is 4.64. The summed E-state index contributed by atoms with van der Waals surface area (Å²) in [6.45, 7) is 5.58. The smallest absolute Gasteiger partial charge is 0.106 e. The van der Waals surface area contributed by atoms with Crippen molar-refractivity contribution in [1.29, 1.82) is 0 Å². The second kappa shape index (κ2) is 4.87. The first-order valence-corrected chi connectivity index (χ1v) is 7.36. The lowest BCUT2D eigenvalue weighted by atomic mass is 9.83. The van der Waals surface area contributed by atoms with Crippen LogP contribution in [0, 0.1) is 18.8 Å². The molecule has 2 aromatic rings. The summed E-state index contributed by atoms with van der Waals surface area (Å²) >= 11 is 0. The van der Waals surface area contributed by atoms with Gasteiger partial charge in [-0.15, -0.1) is 0 Å². The first-order valence-electron chi connectivity index (χ1n) is 7.36. The van der Waals surface area contributed by atoms with Gasteiger partial charge in [0.15, 0.2) is 0 Å². The first kappa shape index (κ1) is 12.5. The fraction of sp³-hybridized carbons (Fsp3) is 0.562. The third kappa shape index (κ3) is 2.46. The summed E-state index contributed by atoms with van der Waals surface area (Å²) in [6, 6.07) is 6.06. The molecule has 0 atom stereocenters. The Morgan fingerprint density at radius 3 is 2.74 bits per heavy atom. The second-order valence-electron chi connectivity index (χ2n) is 6.14. The van der Waals surface area contributed by atoms with Gasteiger partial charge in [-0.2, -0.15) is 0 Å². The van der Waals surface area contributed by atoms with E-state index in [1.54, 1.807) is 0 Å². The molecule has 1 heterocycles. The molecule has 1 aliphatic rings. The summed E-state index contributed by atoms with van der Waals surface area (Å²) in [5.74, 6) is 2.83. The summed E-state index contributed by atoms with van der Waals surface area (Å²) < 4.78 is 2.37. The molecule has 1 saturated carbocycles. The Balaban J connectivity index is 1.86. The van der Waals surface area contributed by atoms with Crippen molar-refractivity contribution in [2.24, 2.45) is 11.8 Å². The standard InChI is InChI=1S/C16H23N3/c1-11-3-5-13(6-4-11)10-19-12(2)18-15-9-14(17)7-8-16(15)19/h7-9,11,13H,3-6,10,17H2,1-2H3. The largest absolute Gasteiger partial charge is 0.399 e. The third-order valence-electron chi connectivity index (χ3n) is 4.54. The highest BCUT2D eigenvalue weighted by Crippen LogP contribution is 2.30. The lowest BCUT2D eigenvalue weighted by molar-refractivity contribution is 0.265. The van der Waals surface area contributed by atoms with Gasteiger partial charge < -0.3 is 10.3 Å². The van der Waals surface area contributed by atoms with Crippen LogP contribution in [-0.2, 0) is 6.54 Å². The van der Waals surface area contributed by atoms with E-state index in [1.165, 1.54) is 31.2 Å². The van der Waals surface area contributed by atoms with Gasteiger partial charge in [0.05, 0.1) is 11.0 Å². The van der Waals surface area contributed by atoms with Crippen molar-refractivity contribution in [2.75, 3.05) is 5.73 Å². The Bertz CT molecular complexity index is 577. The third-order valence-corrected chi connectivity index (χ3v) is 4.54. The van der Waals surface area contributed by atoms with Crippen LogP contribution in [0.5, 0.6) is 0 Å². The number of rotatable bonds is 2. The first-order chi connectivity index (χ1) is 9.13.